The Labute approximate surface area is 866 Å². The minimum absolute atomic E-state index is 0.896. The largest absolute Gasteiger partial charge is 0.309 e. The third-order valence-electron chi connectivity index (χ3n) is 29.7. The van der Waals surface area contributed by atoms with Gasteiger partial charge in [0.05, 0.1) is 83.3 Å². The van der Waals surface area contributed by atoms with Crippen molar-refractivity contribution in [2.24, 2.45) is 0 Å². The summed E-state index contributed by atoms with van der Waals surface area (Å²) in [5.74, 6) is 2.69. The van der Waals surface area contributed by atoms with Crippen LogP contribution in [0.1, 0.15) is 0 Å². The van der Waals surface area contributed by atoms with Crippen molar-refractivity contribution in [3.8, 4) is 135 Å². The lowest BCUT2D eigenvalue weighted by atomic mass is 9.98. The summed E-state index contributed by atoms with van der Waals surface area (Å²) in [6, 6.07) is 202. The zero-order valence-electron chi connectivity index (χ0n) is 81.7. The third-order valence-corrected chi connectivity index (χ3v) is 29.7. The van der Waals surface area contributed by atoms with Gasteiger partial charge in [-0.05, 0) is 218 Å². The molecule has 702 valence electrons. The lowest BCUT2D eigenvalue weighted by molar-refractivity contribution is 1.08. The molecule has 0 N–H and O–H groups in total. The Morgan fingerprint density at radius 3 is 0.680 bits per heavy atom. The van der Waals surface area contributed by atoms with Crippen molar-refractivity contribution < 1.29 is 0 Å². The van der Waals surface area contributed by atoms with Crippen LogP contribution in [0.3, 0.4) is 0 Å². The van der Waals surface area contributed by atoms with E-state index in [4.69, 9.17) is 15.0 Å². The number of para-hydroxylation sites is 9. The molecule has 0 saturated carbocycles. The third kappa shape index (κ3) is 15.3. The maximum atomic E-state index is 5.36. The quantitative estimate of drug-likeness (QED) is 0.103. The first-order valence-corrected chi connectivity index (χ1v) is 51.2. The number of benzene rings is 21. The number of hydrogen-bond acceptors (Lipinski definition) is 3. The van der Waals surface area contributed by atoms with Crippen LogP contribution >= 0.6 is 0 Å². The van der Waals surface area contributed by atoms with Gasteiger partial charge in [0.1, 0.15) is 17.5 Å². The molecule has 0 unspecified atom stereocenters. The summed E-state index contributed by atoms with van der Waals surface area (Å²) < 4.78 is 14.2. The lowest BCUT2D eigenvalue weighted by Gasteiger charge is -2.13. The summed E-state index contributed by atoms with van der Waals surface area (Å²) in [6.07, 6.45) is 0. The van der Waals surface area contributed by atoms with E-state index in [0.29, 0.717) is 0 Å². The molecule has 0 aliphatic rings. The van der Waals surface area contributed by atoms with Crippen molar-refractivity contribution in [2.45, 2.75) is 0 Å². The molecule has 9 nitrogen and oxygen atoms in total. The fourth-order valence-electron chi connectivity index (χ4n) is 23.1. The van der Waals surface area contributed by atoms with Crippen molar-refractivity contribution in [1.29, 1.82) is 0 Å². The van der Waals surface area contributed by atoms with Gasteiger partial charge in [-0.25, -0.2) is 15.0 Å². The molecule has 9 heterocycles. The van der Waals surface area contributed by atoms with Crippen LogP contribution in [-0.2, 0) is 0 Å². The predicted molar refractivity (Wildman–Crippen MR) is 628 cm³/mol. The highest BCUT2D eigenvalue weighted by atomic mass is 15.1. The standard InChI is InChI=1S/3C47H31N3/c1-4-15-32(16-5-1)35-29-41(33-17-6-2-7-18-33)48-46(31-35)50-42-24-12-10-21-38(42)39-28-27-34(30-45(39)50)37-23-14-26-44-47(37)40-22-11-13-25-43(40)49(44)36-19-8-3-9-20-36;1-4-15-32(16-5-1)35-29-41(33-17-6-2-7-18-33)48-46(31-35)50-43-25-13-11-22-40(43)47-37(23-14-26-44(47)50)34-27-28-39-38-21-10-12-24-42(38)49(45(39)30-34)36-19-8-3-9-20-36;1-4-15-32(16-5-1)35-30-41(33-17-6-2-7-18-33)48-46(31-35)50-42-24-12-10-21-38(42)40-29-34(27-28-44(40)50)37-23-14-26-45-47(37)39-22-11-13-25-43(39)49(45)36-19-8-3-9-20-36/h3*1-31H. The molecule has 0 bridgehead atoms. The number of hydrogen-bond donors (Lipinski definition) is 0. The molecular weight excluding hydrogens is 1820 g/mol. The van der Waals surface area contributed by atoms with Gasteiger partial charge >= 0.3 is 0 Å². The Hall–Kier alpha value is -20.1. The Morgan fingerprint density at radius 1 is 0.113 bits per heavy atom. The van der Waals surface area contributed by atoms with Crippen LogP contribution in [0, 0.1) is 0 Å². The average Bonchev–Trinajstić information content (AvgIpc) is 1.57. The van der Waals surface area contributed by atoms with Crippen LogP contribution in [0.2, 0.25) is 0 Å². The molecular formula is C141H93N9. The van der Waals surface area contributed by atoms with Crippen LogP contribution in [-0.4, -0.2) is 42.4 Å². The van der Waals surface area contributed by atoms with Crippen molar-refractivity contribution >= 4 is 131 Å². The molecule has 30 rings (SSSR count). The number of rotatable bonds is 15. The van der Waals surface area contributed by atoms with E-state index in [1.165, 1.54) is 137 Å². The van der Waals surface area contributed by atoms with Gasteiger partial charge < -0.3 is 13.7 Å². The summed E-state index contributed by atoms with van der Waals surface area (Å²) in [4.78, 5) is 16.0. The van der Waals surface area contributed by atoms with Crippen LogP contribution in [0.4, 0.5) is 0 Å². The Bertz CT molecular complexity index is 10200. The lowest BCUT2D eigenvalue weighted by Crippen LogP contribution is -2.00. The van der Waals surface area contributed by atoms with Gasteiger partial charge in [0.15, 0.2) is 0 Å². The zero-order chi connectivity index (χ0) is 99.1. The highest BCUT2D eigenvalue weighted by molar-refractivity contribution is 6.21. The van der Waals surface area contributed by atoms with E-state index in [0.717, 1.165) is 129 Å². The second kappa shape index (κ2) is 37.2. The van der Waals surface area contributed by atoms with Crippen molar-refractivity contribution in [1.82, 2.24) is 42.4 Å². The number of fused-ring (bicyclic) bond motifs is 18. The number of aromatic nitrogens is 9. The normalized spacial score (nSPS) is 11.6. The zero-order valence-corrected chi connectivity index (χ0v) is 81.7. The minimum atomic E-state index is 0.896. The van der Waals surface area contributed by atoms with Crippen molar-refractivity contribution in [3.63, 3.8) is 0 Å². The SMILES string of the molecule is c1ccc(-c2cc(-c3ccccc3)nc(-n3c4ccccc4c4c(-c5ccc6c7ccccc7n(-c7ccccc7)c6c5)cccc43)c2)cc1.c1ccc(-c2cc(-c3ccccc3)nc(-n3c4ccccc4c4cc(-c5cccc6c5c5ccccc5n6-c5ccccc5)ccc43)c2)cc1.c1ccc(-c2cc(-c3ccccc3)nc(-n3c4ccccc4c4ccc(-c5cccc6c5c5ccccc5n6-c5ccccc5)cc43)c2)cc1. The van der Waals surface area contributed by atoms with Gasteiger partial charge in [-0.3, -0.25) is 13.7 Å². The van der Waals surface area contributed by atoms with Gasteiger partial charge in [-0.1, -0.05) is 413 Å². The smallest absolute Gasteiger partial charge is 0.138 e. The summed E-state index contributed by atoms with van der Waals surface area (Å²) >= 11 is 0. The summed E-state index contributed by atoms with van der Waals surface area (Å²) in [6.45, 7) is 0. The minimum Gasteiger partial charge on any atom is -0.309 e. The Kier molecular flexibility index (Phi) is 21.8. The van der Waals surface area contributed by atoms with Gasteiger partial charge in [0.2, 0.25) is 0 Å². The fraction of sp³-hybridized carbons (Fsp3) is 0. The van der Waals surface area contributed by atoms with Gasteiger partial charge in [-0.2, -0.15) is 0 Å². The van der Waals surface area contributed by atoms with Crippen LogP contribution in [0.25, 0.3) is 266 Å². The predicted octanol–water partition coefficient (Wildman–Crippen LogP) is 36.8. The molecule has 150 heavy (non-hydrogen) atoms. The maximum Gasteiger partial charge on any atom is 0.138 e. The average molecular weight is 1910 g/mol. The molecule has 0 atom stereocenters. The van der Waals surface area contributed by atoms with Crippen LogP contribution in [0.15, 0.2) is 564 Å². The highest BCUT2D eigenvalue weighted by Crippen LogP contribution is 2.48. The van der Waals surface area contributed by atoms with E-state index >= 15 is 0 Å². The summed E-state index contributed by atoms with van der Waals surface area (Å²) in [7, 11) is 0. The number of pyridine rings is 3. The summed E-state index contributed by atoms with van der Waals surface area (Å²) in [5, 5.41) is 14.8. The first kappa shape index (κ1) is 87.6. The van der Waals surface area contributed by atoms with Crippen LogP contribution < -0.4 is 0 Å². The Balaban J connectivity index is 0.000000108. The molecule has 0 aliphatic heterocycles. The molecule has 0 aliphatic carbocycles. The molecule has 0 saturated heterocycles. The van der Waals surface area contributed by atoms with Crippen LogP contribution in [0.5, 0.6) is 0 Å². The monoisotopic (exact) mass is 1910 g/mol. The van der Waals surface area contributed by atoms with Gasteiger partial charge in [-0.15, -0.1) is 0 Å². The van der Waals surface area contributed by atoms with E-state index in [1.807, 2.05) is 0 Å². The second-order valence-corrected chi connectivity index (χ2v) is 38.4. The fourth-order valence-corrected chi connectivity index (χ4v) is 23.1. The molecule has 0 fully saturated rings. The first-order chi connectivity index (χ1) is 74.4. The van der Waals surface area contributed by atoms with Crippen molar-refractivity contribution in [2.75, 3.05) is 0 Å². The van der Waals surface area contributed by atoms with Gasteiger partial charge in [0, 0.05) is 98.4 Å². The molecule has 9 aromatic heterocycles. The molecule has 21 aromatic carbocycles. The maximum absolute atomic E-state index is 5.36. The van der Waals surface area contributed by atoms with E-state index in [-0.39, 0.29) is 0 Å². The van der Waals surface area contributed by atoms with Crippen molar-refractivity contribution in [3.05, 3.63) is 564 Å². The topological polar surface area (TPSA) is 68.2 Å². The van der Waals surface area contributed by atoms with Gasteiger partial charge in [0.25, 0.3) is 0 Å². The first-order valence-electron chi connectivity index (χ1n) is 51.2. The van der Waals surface area contributed by atoms with E-state index < -0.39 is 0 Å². The highest BCUT2D eigenvalue weighted by Gasteiger charge is 2.27. The molecule has 0 radical (unpaired) electrons. The second-order valence-electron chi connectivity index (χ2n) is 38.4. The van der Waals surface area contributed by atoms with E-state index in [2.05, 4.69) is 592 Å². The number of nitrogens with zero attached hydrogens (tertiary/aromatic N) is 9. The summed E-state index contributed by atoms with van der Waals surface area (Å²) in [5.41, 5.74) is 37.7. The molecule has 9 heteroatoms. The molecule has 0 amide bonds. The Morgan fingerprint density at radius 2 is 0.333 bits per heavy atom. The molecule has 30 aromatic rings. The molecule has 0 spiro atoms. The van der Waals surface area contributed by atoms with E-state index in [9.17, 15) is 0 Å². The van der Waals surface area contributed by atoms with E-state index in [1.54, 1.807) is 0 Å².